The van der Waals surface area contributed by atoms with E-state index in [2.05, 4.69) is 15.3 Å². The number of guanidine groups is 1. The van der Waals surface area contributed by atoms with Crippen molar-refractivity contribution in [2.24, 2.45) is 15.7 Å². The topological polar surface area (TPSA) is 62.8 Å². The summed E-state index contributed by atoms with van der Waals surface area (Å²) in [5, 5.41) is 3.11. The molecule has 1 aliphatic rings. The van der Waals surface area contributed by atoms with E-state index in [0.29, 0.717) is 0 Å². The second kappa shape index (κ2) is 2.90. The number of hydrogen-bond acceptors (Lipinski definition) is 4. The Morgan fingerprint density at radius 3 is 2.85 bits per heavy atom. The van der Waals surface area contributed by atoms with E-state index in [1.165, 1.54) is 0 Å². The predicted molar refractivity (Wildman–Crippen MR) is 54.5 cm³/mol. The monoisotopic (exact) mass is 174 g/mol. The SMILES string of the molecule is CC1=NC(N)=Nc2ccccc2N1. The van der Waals surface area contributed by atoms with Crippen LogP contribution in [0.3, 0.4) is 0 Å². The van der Waals surface area contributed by atoms with Crippen LogP contribution in [0, 0.1) is 0 Å². The van der Waals surface area contributed by atoms with Crippen LogP contribution in [0.2, 0.25) is 0 Å². The highest BCUT2D eigenvalue weighted by Gasteiger charge is 2.05. The summed E-state index contributed by atoms with van der Waals surface area (Å²) in [7, 11) is 0. The summed E-state index contributed by atoms with van der Waals surface area (Å²) in [5.74, 6) is 1.04. The Morgan fingerprint density at radius 2 is 2.00 bits per heavy atom. The second-order valence-electron chi connectivity index (χ2n) is 2.81. The van der Waals surface area contributed by atoms with Crippen LogP contribution < -0.4 is 11.1 Å². The lowest BCUT2D eigenvalue weighted by atomic mass is 10.2. The van der Waals surface area contributed by atoms with Gasteiger partial charge in [-0.25, -0.2) is 9.98 Å². The molecule has 0 spiro atoms. The van der Waals surface area contributed by atoms with Gasteiger partial charge in [0, 0.05) is 0 Å². The maximum atomic E-state index is 5.56. The van der Waals surface area contributed by atoms with Crippen LogP contribution in [0.25, 0.3) is 0 Å². The van der Waals surface area contributed by atoms with Gasteiger partial charge in [-0.3, -0.25) is 0 Å². The van der Waals surface area contributed by atoms with Crippen LogP contribution in [-0.4, -0.2) is 11.8 Å². The fourth-order valence-corrected chi connectivity index (χ4v) is 1.22. The molecule has 0 aromatic heterocycles. The Morgan fingerprint density at radius 1 is 1.23 bits per heavy atom. The zero-order chi connectivity index (χ0) is 9.26. The van der Waals surface area contributed by atoms with Gasteiger partial charge in [0.1, 0.15) is 5.84 Å². The number of rotatable bonds is 0. The molecule has 3 N–H and O–H groups in total. The lowest BCUT2D eigenvalue weighted by Gasteiger charge is -2.03. The Bertz CT molecular complexity index is 392. The number of nitrogens with two attached hydrogens (primary N) is 1. The highest BCUT2D eigenvalue weighted by Crippen LogP contribution is 2.25. The molecule has 0 saturated heterocycles. The molecule has 1 heterocycles. The maximum Gasteiger partial charge on any atom is 0.222 e. The van der Waals surface area contributed by atoms with Crippen molar-refractivity contribution < 1.29 is 0 Å². The quantitative estimate of drug-likeness (QED) is 0.625. The number of benzene rings is 1. The van der Waals surface area contributed by atoms with E-state index in [4.69, 9.17) is 5.73 Å². The molecule has 1 aromatic carbocycles. The first-order valence-electron chi connectivity index (χ1n) is 4.01. The molecule has 0 aliphatic carbocycles. The first kappa shape index (κ1) is 7.79. The van der Waals surface area contributed by atoms with Gasteiger partial charge in [0.2, 0.25) is 5.96 Å². The van der Waals surface area contributed by atoms with Crippen molar-refractivity contribution >= 4 is 23.2 Å². The number of nitrogens with one attached hydrogen (secondary N) is 1. The van der Waals surface area contributed by atoms with Gasteiger partial charge in [-0.2, -0.15) is 0 Å². The first-order valence-corrected chi connectivity index (χ1v) is 4.01. The van der Waals surface area contributed by atoms with Gasteiger partial charge >= 0.3 is 0 Å². The average molecular weight is 174 g/mol. The smallest absolute Gasteiger partial charge is 0.222 e. The Hall–Kier alpha value is -1.84. The minimum absolute atomic E-state index is 0.287. The maximum absolute atomic E-state index is 5.56. The molecule has 2 rings (SSSR count). The summed E-state index contributed by atoms with van der Waals surface area (Å²) in [6, 6.07) is 7.69. The van der Waals surface area contributed by atoms with Crippen molar-refractivity contribution in [1.82, 2.24) is 0 Å². The van der Waals surface area contributed by atoms with E-state index in [-0.39, 0.29) is 5.96 Å². The molecule has 0 radical (unpaired) electrons. The van der Waals surface area contributed by atoms with Gasteiger partial charge < -0.3 is 11.1 Å². The van der Waals surface area contributed by atoms with Crippen molar-refractivity contribution in [2.75, 3.05) is 5.32 Å². The van der Waals surface area contributed by atoms with E-state index < -0.39 is 0 Å². The molecule has 0 atom stereocenters. The zero-order valence-electron chi connectivity index (χ0n) is 7.28. The molecular formula is C9H10N4. The van der Waals surface area contributed by atoms with Gasteiger partial charge in [-0.15, -0.1) is 0 Å². The second-order valence-corrected chi connectivity index (χ2v) is 2.81. The van der Waals surface area contributed by atoms with Gasteiger partial charge in [-0.1, -0.05) is 12.1 Å². The summed E-state index contributed by atoms with van der Waals surface area (Å²) < 4.78 is 0. The number of fused-ring (bicyclic) bond motifs is 1. The molecule has 4 nitrogen and oxygen atoms in total. The van der Waals surface area contributed by atoms with Gasteiger partial charge in [0.05, 0.1) is 11.4 Å². The van der Waals surface area contributed by atoms with Crippen LogP contribution in [0.5, 0.6) is 0 Å². The third-order valence-corrected chi connectivity index (χ3v) is 1.74. The minimum atomic E-state index is 0.287. The Balaban J connectivity index is 2.55. The molecule has 0 saturated carbocycles. The normalized spacial score (nSPS) is 14.8. The summed E-state index contributed by atoms with van der Waals surface area (Å²) in [6.45, 7) is 1.85. The van der Waals surface area contributed by atoms with E-state index in [9.17, 15) is 0 Å². The Kier molecular flexibility index (Phi) is 1.73. The van der Waals surface area contributed by atoms with Crippen LogP contribution in [0.1, 0.15) is 6.92 Å². The van der Waals surface area contributed by atoms with E-state index in [0.717, 1.165) is 17.2 Å². The van der Waals surface area contributed by atoms with Crippen molar-refractivity contribution in [1.29, 1.82) is 0 Å². The number of hydrogen-bond donors (Lipinski definition) is 2. The third-order valence-electron chi connectivity index (χ3n) is 1.74. The number of nitrogens with zero attached hydrogens (tertiary/aromatic N) is 2. The average Bonchev–Trinajstić information content (AvgIpc) is 2.20. The molecule has 13 heavy (non-hydrogen) atoms. The lowest BCUT2D eigenvalue weighted by molar-refractivity contribution is 1.44. The molecule has 1 aromatic rings. The molecule has 1 aliphatic heterocycles. The van der Waals surface area contributed by atoms with Crippen LogP contribution in [0.15, 0.2) is 34.3 Å². The van der Waals surface area contributed by atoms with E-state index in [1.807, 2.05) is 31.2 Å². The van der Waals surface area contributed by atoms with Crippen LogP contribution in [0.4, 0.5) is 11.4 Å². The fraction of sp³-hybridized carbons (Fsp3) is 0.111. The zero-order valence-corrected chi connectivity index (χ0v) is 7.28. The van der Waals surface area contributed by atoms with Gasteiger partial charge in [0.15, 0.2) is 0 Å². The molecule has 0 unspecified atom stereocenters. The van der Waals surface area contributed by atoms with Crippen molar-refractivity contribution in [2.45, 2.75) is 6.92 Å². The van der Waals surface area contributed by atoms with Crippen LogP contribution >= 0.6 is 0 Å². The molecule has 0 fully saturated rings. The number of aliphatic imine (C=N–C) groups is 2. The third kappa shape index (κ3) is 1.51. The van der Waals surface area contributed by atoms with Crippen LogP contribution in [-0.2, 0) is 0 Å². The highest BCUT2D eigenvalue weighted by atomic mass is 15.1. The number of amidine groups is 1. The standard InChI is InChI=1S/C9H10N4/c1-6-11-7-4-2-3-5-8(7)13-9(10)12-6/h2-5H,1H3,(H3,10,11,12,13). The molecule has 0 bridgehead atoms. The summed E-state index contributed by atoms with van der Waals surface area (Å²) in [5.41, 5.74) is 7.32. The predicted octanol–water partition coefficient (Wildman–Crippen LogP) is 1.48. The lowest BCUT2D eigenvalue weighted by Crippen LogP contribution is -2.12. The minimum Gasteiger partial charge on any atom is -0.368 e. The summed E-state index contributed by atoms with van der Waals surface area (Å²) in [4.78, 5) is 8.16. The van der Waals surface area contributed by atoms with Crippen molar-refractivity contribution in [3.8, 4) is 0 Å². The summed E-state index contributed by atoms with van der Waals surface area (Å²) >= 11 is 0. The largest absolute Gasteiger partial charge is 0.368 e. The Labute approximate surface area is 76.2 Å². The molecule has 0 amide bonds. The van der Waals surface area contributed by atoms with E-state index >= 15 is 0 Å². The summed E-state index contributed by atoms with van der Waals surface area (Å²) in [6.07, 6.45) is 0. The highest BCUT2D eigenvalue weighted by molar-refractivity contribution is 6.05. The van der Waals surface area contributed by atoms with Gasteiger partial charge in [-0.05, 0) is 19.1 Å². The molecular weight excluding hydrogens is 164 g/mol. The van der Waals surface area contributed by atoms with Crippen molar-refractivity contribution in [3.63, 3.8) is 0 Å². The number of para-hydroxylation sites is 2. The fourth-order valence-electron chi connectivity index (χ4n) is 1.22. The molecule has 4 heteroatoms. The molecule has 66 valence electrons. The first-order chi connectivity index (χ1) is 6.25. The van der Waals surface area contributed by atoms with Gasteiger partial charge in [0.25, 0.3) is 0 Å². The number of anilines is 1. The van der Waals surface area contributed by atoms with E-state index in [1.54, 1.807) is 0 Å². The van der Waals surface area contributed by atoms with Crippen molar-refractivity contribution in [3.05, 3.63) is 24.3 Å².